The number of anilines is 1. The van der Waals surface area contributed by atoms with E-state index in [0.717, 1.165) is 41.8 Å². The third-order valence-corrected chi connectivity index (χ3v) is 12.7. The van der Waals surface area contributed by atoms with Gasteiger partial charge in [0.05, 0.1) is 17.1 Å². The SMILES string of the molecule is CN(C)[C@@H]1CN(c2nc3ccccc3n(C3C[C@H]4CCC[C@@H](C3)N4[C@@H]3CC4CC5CCCCC54C3)c2=O)[C@@H]1C(=O)O. The van der Waals surface area contributed by atoms with Crippen LogP contribution in [0.15, 0.2) is 29.1 Å². The number of piperidine rings is 2. The molecular weight excluding hydrogens is 514 g/mol. The van der Waals surface area contributed by atoms with Crippen molar-refractivity contribution in [3.05, 3.63) is 34.6 Å². The summed E-state index contributed by atoms with van der Waals surface area (Å²) >= 11 is 0. The normalized spacial score (nSPS) is 40.1. The molecule has 8 nitrogen and oxygen atoms in total. The predicted molar refractivity (Wildman–Crippen MR) is 159 cm³/mol. The molecule has 1 aromatic heterocycles. The summed E-state index contributed by atoms with van der Waals surface area (Å²) in [4.78, 5) is 38.0. The summed E-state index contributed by atoms with van der Waals surface area (Å²) in [6.45, 7) is 0.500. The molecule has 3 aliphatic carbocycles. The minimum Gasteiger partial charge on any atom is -0.480 e. The highest BCUT2D eigenvalue weighted by molar-refractivity contribution is 5.83. The number of likely N-dealkylation sites (N-methyl/N-ethyl adjacent to an activating group) is 1. The Hall–Kier alpha value is -2.45. The number of rotatable bonds is 5. The van der Waals surface area contributed by atoms with Crippen molar-refractivity contribution < 1.29 is 9.90 Å². The van der Waals surface area contributed by atoms with Gasteiger partial charge in [-0.05, 0) is 101 Å². The molecule has 9 atom stereocenters. The first kappa shape index (κ1) is 26.2. The zero-order valence-electron chi connectivity index (χ0n) is 24.6. The van der Waals surface area contributed by atoms with Gasteiger partial charge in [-0.3, -0.25) is 9.69 Å². The van der Waals surface area contributed by atoms with Gasteiger partial charge in [-0.25, -0.2) is 9.78 Å². The number of nitrogens with zero attached hydrogens (tertiary/aromatic N) is 5. The molecule has 1 spiro atoms. The topological polar surface area (TPSA) is 81.9 Å². The van der Waals surface area contributed by atoms with Crippen LogP contribution in [0.5, 0.6) is 0 Å². The van der Waals surface area contributed by atoms with Crippen molar-refractivity contribution in [2.75, 3.05) is 25.5 Å². The molecule has 3 aliphatic heterocycles. The van der Waals surface area contributed by atoms with Crippen molar-refractivity contribution in [2.45, 2.75) is 113 Å². The van der Waals surface area contributed by atoms with E-state index in [1.165, 1.54) is 64.2 Å². The van der Waals surface area contributed by atoms with Gasteiger partial charge in [0.15, 0.2) is 5.82 Å². The maximum Gasteiger partial charge on any atom is 0.328 e. The highest BCUT2D eigenvalue weighted by atomic mass is 16.4. The molecule has 1 N–H and O–H groups in total. The van der Waals surface area contributed by atoms with Crippen LogP contribution in [-0.2, 0) is 4.79 Å². The van der Waals surface area contributed by atoms with E-state index >= 15 is 0 Å². The monoisotopic (exact) mass is 559 g/mol. The Morgan fingerprint density at radius 1 is 0.951 bits per heavy atom. The number of aliphatic carboxylic acids is 1. The van der Waals surface area contributed by atoms with Gasteiger partial charge < -0.3 is 19.5 Å². The van der Waals surface area contributed by atoms with E-state index in [2.05, 4.69) is 4.90 Å². The van der Waals surface area contributed by atoms with E-state index in [9.17, 15) is 14.7 Å². The van der Waals surface area contributed by atoms with Crippen LogP contribution in [0, 0.1) is 17.3 Å². The summed E-state index contributed by atoms with van der Waals surface area (Å²) in [7, 11) is 3.81. The van der Waals surface area contributed by atoms with Crippen LogP contribution < -0.4 is 10.5 Å². The number of carboxylic acid groups (broad SMARTS) is 1. The molecule has 3 saturated carbocycles. The second-order valence-corrected chi connectivity index (χ2v) is 14.6. The average Bonchev–Trinajstić information content (AvgIpc) is 3.15. The summed E-state index contributed by atoms with van der Waals surface area (Å²) in [5.74, 6) is 1.35. The first-order valence-corrected chi connectivity index (χ1v) is 16.3. The van der Waals surface area contributed by atoms with E-state index in [1.807, 2.05) is 47.8 Å². The number of aromatic nitrogens is 2. The van der Waals surface area contributed by atoms with Crippen molar-refractivity contribution in [3.63, 3.8) is 0 Å². The maximum atomic E-state index is 14.3. The second kappa shape index (κ2) is 9.53. The molecule has 2 aromatic rings. The zero-order chi connectivity index (χ0) is 28.0. The molecule has 3 saturated heterocycles. The lowest BCUT2D eigenvalue weighted by molar-refractivity contribution is -0.142. The minimum atomic E-state index is -0.899. The largest absolute Gasteiger partial charge is 0.480 e. The Bertz CT molecular complexity index is 1410. The summed E-state index contributed by atoms with van der Waals surface area (Å²) in [5.41, 5.74) is 2.20. The average molecular weight is 560 g/mol. The van der Waals surface area contributed by atoms with Gasteiger partial charge in [0.1, 0.15) is 6.04 Å². The molecule has 4 unspecified atom stereocenters. The Balaban J connectivity index is 1.12. The molecule has 4 heterocycles. The molecule has 220 valence electrons. The molecule has 0 radical (unpaired) electrons. The number of benzene rings is 1. The van der Waals surface area contributed by atoms with Crippen LogP contribution in [0.2, 0.25) is 0 Å². The number of carbonyl (C=O) groups is 1. The van der Waals surface area contributed by atoms with Gasteiger partial charge >= 0.3 is 5.97 Å². The van der Waals surface area contributed by atoms with Crippen molar-refractivity contribution >= 4 is 22.8 Å². The summed E-state index contributed by atoms with van der Waals surface area (Å²) < 4.78 is 2.02. The highest BCUT2D eigenvalue weighted by Gasteiger charge is 2.61. The van der Waals surface area contributed by atoms with E-state index in [-0.39, 0.29) is 17.6 Å². The third-order valence-electron chi connectivity index (χ3n) is 12.7. The van der Waals surface area contributed by atoms with Crippen molar-refractivity contribution in [1.29, 1.82) is 0 Å². The Morgan fingerprint density at radius 3 is 2.46 bits per heavy atom. The molecule has 41 heavy (non-hydrogen) atoms. The molecule has 6 aliphatic rings. The van der Waals surface area contributed by atoms with Crippen LogP contribution in [0.3, 0.4) is 0 Å². The third kappa shape index (κ3) is 3.81. The van der Waals surface area contributed by atoms with Crippen molar-refractivity contribution in [2.24, 2.45) is 17.3 Å². The fourth-order valence-electron chi connectivity index (χ4n) is 10.8. The van der Waals surface area contributed by atoms with Crippen molar-refractivity contribution in [1.82, 2.24) is 19.4 Å². The molecule has 8 heteroatoms. The number of hydrogen-bond acceptors (Lipinski definition) is 6. The lowest BCUT2D eigenvalue weighted by atomic mass is 9.49. The van der Waals surface area contributed by atoms with E-state index in [1.54, 1.807) is 4.90 Å². The Kier molecular flexibility index (Phi) is 6.09. The van der Waals surface area contributed by atoms with Crippen LogP contribution in [0.25, 0.3) is 11.0 Å². The number of fused-ring (bicyclic) bond motifs is 3. The van der Waals surface area contributed by atoms with Gasteiger partial charge in [-0.2, -0.15) is 0 Å². The fourth-order valence-corrected chi connectivity index (χ4v) is 10.8. The van der Waals surface area contributed by atoms with Gasteiger partial charge in [-0.1, -0.05) is 31.4 Å². The molecule has 0 amide bonds. The van der Waals surface area contributed by atoms with Gasteiger partial charge in [-0.15, -0.1) is 0 Å². The molecule has 8 rings (SSSR count). The maximum absolute atomic E-state index is 14.3. The van der Waals surface area contributed by atoms with Gasteiger partial charge in [0, 0.05) is 30.7 Å². The van der Waals surface area contributed by atoms with Gasteiger partial charge in [0.25, 0.3) is 5.56 Å². The smallest absolute Gasteiger partial charge is 0.328 e. The quantitative estimate of drug-likeness (QED) is 0.577. The summed E-state index contributed by atoms with van der Waals surface area (Å²) in [5, 5.41) is 10.1. The van der Waals surface area contributed by atoms with Crippen LogP contribution in [0.1, 0.15) is 83.1 Å². The zero-order valence-corrected chi connectivity index (χ0v) is 24.6. The molecule has 6 fully saturated rings. The van der Waals surface area contributed by atoms with Crippen LogP contribution >= 0.6 is 0 Å². The van der Waals surface area contributed by atoms with Crippen LogP contribution in [-0.4, -0.2) is 81.3 Å². The second-order valence-electron chi connectivity index (χ2n) is 14.6. The lowest BCUT2D eigenvalue weighted by Crippen LogP contribution is -2.69. The highest BCUT2D eigenvalue weighted by Crippen LogP contribution is 2.68. The van der Waals surface area contributed by atoms with Gasteiger partial charge in [0.2, 0.25) is 0 Å². The van der Waals surface area contributed by atoms with E-state index in [4.69, 9.17) is 4.98 Å². The van der Waals surface area contributed by atoms with E-state index < -0.39 is 12.0 Å². The Labute approximate surface area is 242 Å². The first-order chi connectivity index (χ1) is 19.9. The number of para-hydroxylation sites is 2. The Morgan fingerprint density at radius 2 is 1.73 bits per heavy atom. The minimum absolute atomic E-state index is 0.119. The molecular formula is C33H45N5O3. The van der Waals surface area contributed by atoms with E-state index in [0.29, 0.717) is 29.9 Å². The first-order valence-electron chi connectivity index (χ1n) is 16.3. The molecule has 1 aromatic carbocycles. The predicted octanol–water partition coefficient (Wildman–Crippen LogP) is 4.52. The molecule has 2 bridgehead atoms. The summed E-state index contributed by atoms with van der Waals surface area (Å²) in [6.07, 6.45) is 15.9. The van der Waals surface area contributed by atoms with Crippen LogP contribution in [0.4, 0.5) is 5.82 Å². The number of carboxylic acids is 1. The standard InChI is InChI=1S/C33H45N5O3/c1-35(2)28-19-36(29(28)32(40)41)30-31(39)38(27-12-4-3-11-26(27)34-30)24-16-22-9-7-10-23(17-24)37(22)25-15-21-14-20-8-5-6-13-33(20,21)18-25/h3-4,11-12,20-25,28-29H,5-10,13-19H2,1-2H3,(H,40,41)/t20?,21?,22-,23+,24?,25-,28-,29+,33?/m1/s1. The summed E-state index contributed by atoms with van der Waals surface area (Å²) in [6, 6.07) is 8.96. The number of hydrogen-bond donors (Lipinski definition) is 1. The lowest BCUT2D eigenvalue weighted by Gasteiger charge is -2.56. The van der Waals surface area contributed by atoms with Crippen molar-refractivity contribution in [3.8, 4) is 0 Å². The fraction of sp³-hybridized carbons (Fsp3) is 0.727.